The Morgan fingerprint density at radius 2 is 1.61 bits per heavy atom. The zero-order valence-electron chi connectivity index (χ0n) is 8.36. The molecule has 0 aliphatic rings. The van der Waals surface area contributed by atoms with Gasteiger partial charge >= 0.3 is 6.18 Å². The molecule has 0 aliphatic carbocycles. The third-order valence-electron chi connectivity index (χ3n) is 2.05. The summed E-state index contributed by atoms with van der Waals surface area (Å²) in [5, 5.41) is -0.181. The Bertz CT molecular complexity index is 569. The highest BCUT2D eigenvalue weighted by atomic mass is 35.5. The zero-order chi connectivity index (χ0) is 13.5. The van der Waals surface area contributed by atoms with E-state index in [1.54, 1.807) is 0 Å². The van der Waals surface area contributed by atoms with Crippen molar-refractivity contribution in [3.63, 3.8) is 0 Å². The zero-order valence-corrected chi connectivity index (χ0v) is 9.93. The van der Waals surface area contributed by atoms with Gasteiger partial charge in [-0.1, -0.05) is 11.6 Å². The van der Waals surface area contributed by atoms with E-state index in [0.29, 0.717) is 6.07 Å². The normalized spacial score (nSPS) is 11.9. The molecule has 0 saturated carbocycles. The van der Waals surface area contributed by atoms with Crippen molar-refractivity contribution in [3.05, 3.63) is 39.7 Å². The van der Waals surface area contributed by atoms with E-state index in [9.17, 15) is 22.0 Å². The lowest BCUT2D eigenvalue weighted by Gasteiger charge is -2.02. The van der Waals surface area contributed by atoms with Crippen LogP contribution in [0.2, 0.25) is 5.02 Å². The number of nitrogens with zero attached hydrogens (tertiary/aromatic N) is 1. The molecule has 0 radical (unpaired) electrons. The Morgan fingerprint density at radius 1 is 1.06 bits per heavy atom. The second-order valence-corrected chi connectivity index (χ2v) is 4.56. The fourth-order valence-electron chi connectivity index (χ4n) is 1.31. The molecule has 0 amide bonds. The van der Waals surface area contributed by atoms with Gasteiger partial charge in [0.2, 0.25) is 0 Å². The van der Waals surface area contributed by atoms with Crippen molar-refractivity contribution in [1.29, 1.82) is 0 Å². The van der Waals surface area contributed by atoms with Crippen LogP contribution < -0.4 is 0 Å². The molecule has 1 nitrogen and oxygen atoms in total. The second-order valence-electron chi connectivity index (χ2n) is 3.32. The average molecular weight is 300 g/mol. The van der Waals surface area contributed by atoms with Crippen LogP contribution in [0.15, 0.2) is 18.2 Å². The van der Waals surface area contributed by atoms with Gasteiger partial charge in [0.05, 0.1) is 11.3 Å². The van der Waals surface area contributed by atoms with E-state index < -0.39 is 33.9 Å². The van der Waals surface area contributed by atoms with Gasteiger partial charge in [0.15, 0.2) is 0 Å². The first-order valence-electron chi connectivity index (χ1n) is 4.48. The molecule has 0 aliphatic heterocycles. The molecule has 2 aromatic rings. The number of rotatable bonds is 1. The number of alkyl halides is 3. The minimum absolute atomic E-state index is 0.132. The van der Waals surface area contributed by atoms with Crippen LogP contribution in [0.3, 0.4) is 0 Å². The highest BCUT2D eigenvalue weighted by Gasteiger charge is 2.34. The van der Waals surface area contributed by atoms with Gasteiger partial charge in [-0.15, -0.1) is 0 Å². The molecule has 8 heteroatoms. The SMILES string of the molecule is Fc1cc(Cl)cc(F)c1-c1cc(C(F)(F)F)sn1. The molecule has 96 valence electrons. The van der Waals surface area contributed by atoms with Crippen molar-refractivity contribution < 1.29 is 22.0 Å². The fourth-order valence-corrected chi connectivity index (χ4v) is 2.11. The molecule has 0 N–H and O–H groups in total. The van der Waals surface area contributed by atoms with Crippen molar-refractivity contribution >= 4 is 23.1 Å². The molecule has 0 atom stereocenters. The van der Waals surface area contributed by atoms with Crippen LogP contribution in [0, 0.1) is 11.6 Å². The van der Waals surface area contributed by atoms with Crippen molar-refractivity contribution in [2.75, 3.05) is 0 Å². The fraction of sp³-hybridized carbons (Fsp3) is 0.100. The van der Waals surface area contributed by atoms with Crippen molar-refractivity contribution in [1.82, 2.24) is 4.37 Å². The molecule has 0 fully saturated rings. The summed E-state index contributed by atoms with van der Waals surface area (Å²) in [5.41, 5.74) is -1.02. The standard InChI is InChI=1S/C10H3ClF5NS/c11-4-1-5(12)9(6(13)2-4)7-3-8(18-17-7)10(14,15)16/h1-3H. The largest absolute Gasteiger partial charge is 0.427 e. The number of halogens is 6. The smallest absolute Gasteiger partial charge is 0.206 e. The molecule has 1 aromatic heterocycles. The van der Waals surface area contributed by atoms with Gasteiger partial charge < -0.3 is 0 Å². The number of benzene rings is 1. The summed E-state index contributed by atoms with van der Waals surface area (Å²) < 4.78 is 67.4. The van der Waals surface area contributed by atoms with E-state index >= 15 is 0 Å². The number of aromatic nitrogens is 1. The Labute approximate surface area is 107 Å². The Morgan fingerprint density at radius 3 is 2.06 bits per heavy atom. The Balaban J connectivity index is 2.53. The van der Waals surface area contributed by atoms with Gasteiger partial charge in [-0.25, -0.2) is 8.78 Å². The monoisotopic (exact) mass is 299 g/mol. The van der Waals surface area contributed by atoms with Crippen LogP contribution in [0.4, 0.5) is 22.0 Å². The molecule has 1 aromatic carbocycles. The van der Waals surface area contributed by atoms with E-state index in [1.807, 2.05) is 0 Å². The first-order chi connectivity index (χ1) is 8.29. The molecular weight excluding hydrogens is 297 g/mol. The summed E-state index contributed by atoms with van der Waals surface area (Å²) in [6, 6.07) is 2.22. The third kappa shape index (κ3) is 2.46. The van der Waals surface area contributed by atoms with Gasteiger partial charge in [-0.3, -0.25) is 0 Å². The minimum atomic E-state index is -4.59. The summed E-state index contributed by atoms with van der Waals surface area (Å²) in [7, 11) is 0. The maximum atomic E-state index is 13.5. The Kier molecular flexibility index (Phi) is 3.29. The summed E-state index contributed by atoms with van der Waals surface area (Å²) in [6.45, 7) is 0. The van der Waals surface area contributed by atoms with E-state index in [-0.39, 0.29) is 16.6 Å². The summed E-state index contributed by atoms with van der Waals surface area (Å²) >= 11 is 5.54. The van der Waals surface area contributed by atoms with Crippen molar-refractivity contribution in [2.45, 2.75) is 6.18 Å². The lowest BCUT2D eigenvalue weighted by molar-refractivity contribution is -0.134. The number of hydrogen-bond donors (Lipinski definition) is 0. The maximum Gasteiger partial charge on any atom is 0.427 e. The van der Waals surface area contributed by atoms with E-state index in [2.05, 4.69) is 4.37 Å². The quantitative estimate of drug-likeness (QED) is 0.692. The molecule has 2 rings (SSSR count). The lowest BCUT2D eigenvalue weighted by atomic mass is 10.1. The molecule has 0 saturated heterocycles. The number of hydrogen-bond acceptors (Lipinski definition) is 2. The van der Waals surface area contributed by atoms with E-state index in [1.165, 1.54) is 0 Å². The molecule has 0 unspecified atom stereocenters. The molecule has 1 heterocycles. The van der Waals surface area contributed by atoms with Gasteiger partial charge in [0.1, 0.15) is 16.5 Å². The van der Waals surface area contributed by atoms with Gasteiger partial charge in [0.25, 0.3) is 0 Å². The topological polar surface area (TPSA) is 12.9 Å². The van der Waals surface area contributed by atoms with Crippen molar-refractivity contribution in [2.24, 2.45) is 0 Å². The van der Waals surface area contributed by atoms with Gasteiger partial charge in [0, 0.05) is 5.02 Å². The highest BCUT2D eigenvalue weighted by Crippen LogP contribution is 2.36. The van der Waals surface area contributed by atoms with Crippen LogP contribution >= 0.6 is 23.1 Å². The van der Waals surface area contributed by atoms with Crippen LogP contribution in [0.5, 0.6) is 0 Å². The van der Waals surface area contributed by atoms with Crippen LogP contribution in [-0.4, -0.2) is 4.37 Å². The minimum Gasteiger partial charge on any atom is -0.206 e. The third-order valence-corrected chi connectivity index (χ3v) is 3.10. The van der Waals surface area contributed by atoms with E-state index in [4.69, 9.17) is 11.6 Å². The first-order valence-corrected chi connectivity index (χ1v) is 5.63. The summed E-state index contributed by atoms with van der Waals surface area (Å²) in [5.74, 6) is -2.11. The van der Waals surface area contributed by atoms with Crippen LogP contribution in [0.1, 0.15) is 4.88 Å². The lowest BCUT2D eigenvalue weighted by Crippen LogP contribution is -2.00. The van der Waals surface area contributed by atoms with Gasteiger partial charge in [-0.2, -0.15) is 17.5 Å². The first kappa shape index (κ1) is 13.2. The van der Waals surface area contributed by atoms with Crippen LogP contribution in [0.25, 0.3) is 11.3 Å². The van der Waals surface area contributed by atoms with Crippen molar-refractivity contribution in [3.8, 4) is 11.3 Å². The summed E-state index contributed by atoms with van der Waals surface area (Å²) in [4.78, 5) is -1.02. The predicted octanol–water partition coefficient (Wildman–Crippen LogP) is 4.76. The van der Waals surface area contributed by atoms with Gasteiger partial charge in [-0.05, 0) is 29.7 Å². The maximum absolute atomic E-state index is 13.5. The second kappa shape index (κ2) is 4.47. The predicted molar refractivity (Wildman–Crippen MR) is 57.5 cm³/mol. The van der Waals surface area contributed by atoms with E-state index in [0.717, 1.165) is 12.1 Å². The highest BCUT2D eigenvalue weighted by molar-refractivity contribution is 7.06. The molecule has 0 spiro atoms. The van der Waals surface area contributed by atoms with Crippen LogP contribution in [-0.2, 0) is 6.18 Å². The Hall–Kier alpha value is -1.21. The molecule has 0 bridgehead atoms. The molecule has 18 heavy (non-hydrogen) atoms. The molecular formula is C10H3ClF5NS. The average Bonchev–Trinajstić information content (AvgIpc) is 2.64. The summed E-state index contributed by atoms with van der Waals surface area (Å²) in [6.07, 6.45) is -4.59.